The molecule has 176 valence electrons. The minimum absolute atomic E-state index is 0.0207. The van der Waals surface area contributed by atoms with Crippen LogP contribution in [0, 0.1) is 11.8 Å². The number of fused-ring (bicyclic) bond motifs is 1. The number of likely N-dealkylation sites (tertiary alicyclic amines) is 1. The van der Waals surface area contributed by atoms with Crippen molar-refractivity contribution in [2.24, 2.45) is 11.8 Å². The van der Waals surface area contributed by atoms with Gasteiger partial charge in [-0.3, -0.25) is 0 Å². The van der Waals surface area contributed by atoms with E-state index in [1.54, 1.807) is 0 Å². The van der Waals surface area contributed by atoms with Gasteiger partial charge < -0.3 is 30.7 Å². The number of benzene rings is 1. The molecule has 1 saturated carbocycles. The third kappa shape index (κ3) is 4.65. The van der Waals surface area contributed by atoms with Crippen LogP contribution in [0.1, 0.15) is 18.0 Å². The van der Waals surface area contributed by atoms with Crippen molar-refractivity contribution in [2.45, 2.75) is 31.1 Å². The number of anilines is 1. The second-order valence-electron chi connectivity index (χ2n) is 9.41. The molecule has 33 heavy (non-hydrogen) atoms. The number of hydrogen-bond donors (Lipinski definition) is 4. The molecule has 3 heterocycles. The van der Waals surface area contributed by atoms with Crippen LogP contribution in [-0.2, 0) is 6.42 Å². The first-order valence-corrected chi connectivity index (χ1v) is 12.4. The molecule has 0 unspecified atom stereocenters. The molecule has 8 nitrogen and oxygen atoms in total. The molecule has 1 aromatic carbocycles. The SMILES string of the molecule is Nc1ncnc2c1c(Br)cn2[C@@H]1C[C@H](CN2CC(CNCCc3ccccc3)C2)[C@@H](O)[C@H]1O. The average Bonchev–Trinajstić information content (AvgIpc) is 3.27. The highest BCUT2D eigenvalue weighted by Gasteiger charge is 2.44. The van der Waals surface area contributed by atoms with Gasteiger partial charge in [-0.1, -0.05) is 30.3 Å². The molecule has 1 aliphatic carbocycles. The van der Waals surface area contributed by atoms with Gasteiger partial charge in [0.1, 0.15) is 23.9 Å². The first-order chi connectivity index (χ1) is 16.0. The molecular formula is C24H31BrN6O2. The minimum atomic E-state index is -0.842. The third-order valence-electron chi connectivity index (χ3n) is 7.11. The Bertz CT molecular complexity index is 1090. The molecule has 1 saturated heterocycles. The Hall–Kier alpha value is -2.04. The van der Waals surface area contributed by atoms with Gasteiger partial charge >= 0.3 is 0 Å². The van der Waals surface area contributed by atoms with Crippen molar-refractivity contribution in [1.82, 2.24) is 24.8 Å². The van der Waals surface area contributed by atoms with E-state index in [1.165, 1.54) is 11.9 Å². The van der Waals surface area contributed by atoms with E-state index in [1.807, 2.05) is 16.8 Å². The fraction of sp³-hybridized carbons (Fsp3) is 0.500. The summed E-state index contributed by atoms with van der Waals surface area (Å²) in [6.45, 7) is 4.87. The van der Waals surface area contributed by atoms with Crippen LogP contribution < -0.4 is 11.1 Å². The van der Waals surface area contributed by atoms with Crippen LogP contribution in [0.2, 0.25) is 0 Å². The summed E-state index contributed by atoms with van der Waals surface area (Å²) in [6.07, 6.45) is 3.47. The highest BCUT2D eigenvalue weighted by atomic mass is 79.9. The average molecular weight is 515 g/mol. The summed E-state index contributed by atoms with van der Waals surface area (Å²) in [5.74, 6) is 1.07. The van der Waals surface area contributed by atoms with E-state index in [-0.39, 0.29) is 12.0 Å². The second kappa shape index (κ2) is 9.68. The Labute approximate surface area is 202 Å². The number of nitrogens with two attached hydrogens (primary N) is 1. The lowest BCUT2D eigenvalue weighted by Gasteiger charge is -2.41. The second-order valence-corrected chi connectivity index (χ2v) is 10.3. The molecule has 1 aliphatic heterocycles. The summed E-state index contributed by atoms with van der Waals surface area (Å²) in [4.78, 5) is 10.8. The van der Waals surface area contributed by atoms with E-state index in [2.05, 4.69) is 60.4 Å². The normalized spacial score (nSPS) is 26.2. The molecule has 5 N–H and O–H groups in total. The van der Waals surface area contributed by atoms with E-state index in [0.717, 1.165) is 49.0 Å². The molecule has 3 aromatic rings. The Balaban J connectivity index is 1.12. The van der Waals surface area contributed by atoms with Crippen molar-refractivity contribution in [2.75, 3.05) is 38.5 Å². The van der Waals surface area contributed by atoms with Crippen LogP contribution in [0.3, 0.4) is 0 Å². The van der Waals surface area contributed by atoms with Crippen molar-refractivity contribution < 1.29 is 10.2 Å². The zero-order chi connectivity index (χ0) is 22.9. The molecular weight excluding hydrogens is 484 g/mol. The summed E-state index contributed by atoms with van der Waals surface area (Å²) in [5.41, 5.74) is 8.06. The molecule has 0 amide bonds. The van der Waals surface area contributed by atoms with Crippen molar-refractivity contribution in [3.05, 3.63) is 52.9 Å². The lowest BCUT2D eigenvalue weighted by Crippen LogP contribution is -2.53. The number of aromatic nitrogens is 3. The van der Waals surface area contributed by atoms with E-state index in [0.29, 0.717) is 23.8 Å². The number of nitrogens with zero attached hydrogens (tertiary/aromatic N) is 4. The number of aliphatic hydroxyl groups excluding tert-OH is 2. The van der Waals surface area contributed by atoms with E-state index in [9.17, 15) is 10.2 Å². The number of halogens is 1. The smallest absolute Gasteiger partial charge is 0.146 e. The lowest BCUT2D eigenvalue weighted by atomic mass is 9.96. The summed E-state index contributed by atoms with van der Waals surface area (Å²) < 4.78 is 2.73. The Morgan fingerprint density at radius 1 is 1.12 bits per heavy atom. The molecule has 2 aliphatic rings. The summed E-state index contributed by atoms with van der Waals surface area (Å²) in [5, 5.41) is 25.9. The van der Waals surface area contributed by atoms with E-state index < -0.39 is 12.2 Å². The fourth-order valence-corrected chi connectivity index (χ4v) is 5.94. The summed E-state index contributed by atoms with van der Waals surface area (Å²) in [6, 6.07) is 10.3. The van der Waals surface area contributed by atoms with E-state index >= 15 is 0 Å². The van der Waals surface area contributed by atoms with Crippen LogP contribution in [0.5, 0.6) is 0 Å². The summed E-state index contributed by atoms with van der Waals surface area (Å²) in [7, 11) is 0. The minimum Gasteiger partial charge on any atom is -0.390 e. The van der Waals surface area contributed by atoms with Gasteiger partial charge in [0, 0.05) is 42.8 Å². The predicted molar refractivity (Wildman–Crippen MR) is 132 cm³/mol. The van der Waals surface area contributed by atoms with Gasteiger partial charge in [-0.25, -0.2) is 9.97 Å². The first-order valence-electron chi connectivity index (χ1n) is 11.6. The molecule has 0 spiro atoms. The maximum Gasteiger partial charge on any atom is 0.146 e. The zero-order valence-electron chi connectivity index (χ0n) is 18.5. The van der Waals surface area contributed by atoms with Gasteiger partial charge in [-0.05, 0) is 46.8 Å². The molecule has 9 heteroatoms. The Kier molecular flexibility index (Phi) is 6.67. The van der Waals surface area contributed by atoms with Gasteiger partial charge in [-0.2, -0.15) is 0 Å². The van der Waals surface area contributed by atoms with E-state index in [4.69, 9.17) is 5.73 Å². The van der Waals surface area contributed by atoms with Crippen molar-refractivity contribution in [3.8, 4) is 0 Å². The van der Waals surface area contributed by atoms with Gasteiger partial charge in [0.25, 0.3) is 0 Å². The molecule has 5 rings (SSSR count). The number of nitrogen functional groups attached to an aromatic ring is 1. The van der Waals surface area contributed by atoms with Gasteiger partial charge in [0.05, 0.1) is 17.5 Å². The molecule has 0 radical (unpaired) electrons. The van der Waals surface area contributed by atoms with Crippen molar-refractivity contribution in [1.29, 1.82) is 0 Å². The number of hydrogen-bond acceptors (Lipinski definition) is 7. The van der Waals surface area contributed by atoms with Crippen LogP contribution >= 0.6 is 15.9 Å². The van der Waals surface area contributed by atoms with Crippen LogP contribution in [0.4, 0.5) is 5.82 Å². The first kappa shape index (κ1) is 22.7. The quantitative estimate of drug-likeness (QED) is 0.339. The number of nitrogens with one attached hydrogen (secondary N) is 1. The van der Waals surface area contributed by atoms with Gasteiger partial charge in [0.15, 0.2) is 0 Å². The lowest BCUT2D eigenvalue weighted by molar-refractivity contribution is -0.0103. The molecule has 2 aromatic heterocycles. The maximum absolute atomic E-state index is 10.8. The van der Waals surface area contributed by atoms with Crippen LogP contribution in [0.25, 0.3) is 11.0 Å². The highest BCUT2D eigenvalue weighted by Crippen LogP contribution is 2.40. The highest BCUT2D eigenvalue weighted by molar-refractivity contribution is 9.10. The number of aliphatic hydroxyl groups is 2. The monoisotopic (exact) mass is 514 g/mol. The van der Waals surface area contributed by atoms with Crippen molar-refractivity contribution in [3.63, 3.8) is 0 Å². The standard InChI is InChI=1S/C24H31BrN6O2/c25-18-13-31(24-20(18)23(26)28-14-29-24)19-8-17(21(32)22(19)33)12-30-10-16(11-30)9-27-7-6-15-4-2-1-3-5-15/h1-5,13-14,16-17,19,21-22,27,32-33H,6-12H2,(H2,26,28,29)/t17-,19-,21-,22+/m1/s1. The van der Waals surface area contributed by atoms with Gasteiger partial charge in [-0.15, -0.1) is 0 Å². The largest absolute Gasteiger partial charge is 0.390 e. The zero-order valence-corrected chi connectivity index (χ0v) is 20.1. The third-order valence-corrected chi connectivity index (χ3v) is 7.71. The maximum atomic E-state index is 10.8. The molecule has 4 atom stereocenters. The van der Waals surface area contributed by atoms with Crippen molar-refractivity contribution >= 4 is 32.8 Å². The summed E-state index contributed by atoms with van der Waals surface area (Å²) >= 11 is 3.53. The molecule has 0 bridgehead atoms. The van der Waals surface area contributed by atoms with Gasteiger partial charge in [0.2, 0.25) is 0 Å². The predicted octanol–water partition coefficient (Wildman–Crippen LogP) is 1.82. The topological polar surface area (TPSA) is 112 Å². The Morgan fingerprint density at radius 3 is 2.70 bits per heavy atom. The number of rotatable bonds is 8. The van der Waals surface area contributed by atoms with Crippen LogP contribution in [0.15, 0.2) is 47.3 Å². The Morgan fingerprint density at radius 2 is 1.91 bits per heavy atom. The van der Waals surface area contributed by atoms with Crippen LogP contribution in [-0.4, -0.2) is 74.6 Å². The molecule has 2 fully saturated rings. The fourth-order valence-electron chi connectivity index (χ4n) is 5.34.